The Labute approximate surface area is 94.7 Å². The lowest BCUT2D eigenvalue weighted by molar-refractivity contribution is -0.138. The predicted molar refractivity (Wildman–Crippen MR) is 59.3 cm³/mol. The number of hydrogen-bond donors (Lipinski definition) is 1. The molecule has 0 bridgehead atoms. The first-order valence-corrected chi connectivity index (χ1v) is 5.73. The predicted octanol–water partition coefficient (Wildman–Crippen LogP) is 2.32. The second-order valence-electron chi connectivity index (χ2n) is 4.41. The van der Waals surface area contributed by atoms with Crippen molar-refractivity contribution >= 4 is 5.97 Å². The van der Waals surface area contributed by atoms with Gasteiger partial charge in [-0.3, -0.25) is 14.8 Å². The van der Waals surface area contributed by atoms with Crippen LogP contribution in [0.15, 0.2) is 12.4 Å². The molecule has 1 atom stereocenters. The maximum atomic E-state index is 10.9. The molecular formula is C12H16N2O2. The maximum absolute atomic E-state index is 10.9. The Morgan fingerprint density at radius 2 is 2.12 bits per heavy atom. The van der Waals surface area contributed by atoms with E-state index in [0.717, 1.165) is 18.5 Å². The van der Waals surface area contributed by atoms with E-state index in [4.69, 9.17) is 5.11 Å². The zero-order valence-corrected chi connectivity index (χ0v) is 9.39. The van der Waals surface area contributed by atoms with E-state index in [-0.39, 0.29) is 0 Å². The van der Waals surface area contributed by atoms with E-state index in [1.165, 1.54) is 12.8 Å². The van der Waals surface area contributed by atoms with Gasteiger partial charge in [0.2, 0.25) is 0 Å². The van der Waals surface area contributed by atoms with E-state index >= 15 is 0 Å². The van der Waals surface area contributed by atoms with Crippen LogP contribution in [0, 0.1) is 0 Å². The molecule has 1 heterocycles. The van der Waals surface area contributed by atoms with Gasteiger partial charge >= 0.3 is 5.97 Å². The minimum atomic E-state index is -0.849. The SMILES string of the molecule is CC(C(=O)O)c1cncc(C2CCCC2)n1. The van der Waals surface area contributed by atoms with Crippen LogP contribution in [0.5, 0.6) is 0 Å². The van der Waals surface area contributed by atoms with Crippen molar-refractivity contribution in [2.75, 3.05) is 0 Å². The zero-order chi connectivity index (χ0) is 11.5. The number of rotatable bonds is 3. The van der Waals surface area contributed by atoms with Gasteiger partial charge in [-0.25, -0.2) is 0 Å². The first-order valence-electron chi connectivity index (χ1n) is 5.73. The highest BCUT2D eigenvalue weighted by Gasteiger charge is 2.21. The lowest BCUT2D eigenvalue weighted by Crippen LogP contribution is -2.11. The molecule has 0 aromatic carbocycles. The minimum absolute atomic E-state index is 0.480. The lowest BCUT2D eigenvalue weighted by Gasteiger charge is -2.11. The molecule has 4 heteroatoms. The number of nitrogens with zero attached hydrogens (tertiary/aromatic N) is 2. The summed E-state index contributed by atoms with van der Waals surface area (Å²) in [6.07, 6.45) is 8.11. The molecule has 1 aliphatic carbocycles. The van der Waals surface area contributed by atoms with Gasteiger partial charge in [0.05, 0.1) is 17.3 Å². The van der Waals surface area contributed by atoms with Crippen molar-refractivity contribution in [2.45, 2.75) is 44.4 Å². The molecule has 0 radical (unpaired) electrons. The first-order chi connectivity index (χ1) is 7.68. The van der Waals surface area contributed by atoms with Gasteiger partial charge in [-0.1, -0.05) is 12.8 Å². The molecule has 0 aliphatic heterocycles. The Hall–Kier alpha value is -1.45. The molecule has 0 amide bonds. The van der Waals surface area contributed by atoms with E-state index in [1.54, 1.807) is 19.3 Å². The van der Waals surface area contributed by atoms with Crippen LogP contribution in [0.1, 0.15) is 55.8 Å². The van der Waals surface area contributed by atoms with Crippen LogP contribution >= 0.6 is 0 Å². The van der Waals surface area contributed by atoms with Crippen molar-refractivity contribution in [3.05, 3.63) is 23.8 Å². The summed E-state index contributed by atoms with van der Waals surface area (Å²) in [6, 6.07) is 0. The van der Waals surface area contributed by atoms with Crippen molar-refractivity contribution in [2.24, 2.45) is 0 Å². The van der Waals surface area contributed by atoms with Crippen LogP contribution < -0.4 is 0 Å². The molecule has 86 valence electrons. The van der Waals surface area contributed by atoms with Crippen molar-refractivity contribution in [1.82, 2.24) is 9.97 Å². The Kier molecular flexibility index (Phi) is 3.17. The van der Waals surface area contributed by atoms with Crippen LogP contribution in [0.2, 0.25) is 0 Å². The Bertz CT molecular complexity index is 386. The molecule has 4 nitrogen and oxygen atoms in total. The van der Waals surface area contributed by atoms with Crippen LogP contribution in [0.25, 0.3) is 0 Å². The van der Waals surface area contributed by atoms with Crippen molar-refractivity contribution in [1.29, 1.82) is 0 Å². The van der Waals surface area contributed by atoms with Gasteiger partial charge in [0.25, 0.3) is 0 Å². The quantitative estimate of drug-likeness (QED) is 0.849. The summed E-state index contributed by atoms with van der Waals surface area (Å²) in [4.78, 5) is 19.4. The van der Waals surface area contributed by atoms with Gasteiger partial charge in [0.15, 0.2) is 0 Å². The van der Waals surface area contributed by atoms with E-state index in [1.807, 2.05) is 0 Å². The molecule has 1 aromatic heterocycles. The molecule has 1 aliphatic rings. The number of aromatic nitrogens is 2. The number of carboxylic acids is 1. The van der Waals surface area contributed by atoms with Gasteiger partial charge in [0.1, 0.15) is 0 Å². The third kappa shape index (κ3) is 2.21. The van der Waals surface area contributed by atoms with Crippen molar-refractivity contribution in [3.8, 4) is 0 Å². The maximum Gasteiger partial charge on any atom is 0.312 e. The molecule has 1 unspecified atom stereocenters. The van der Waals surface area contributed by atoms with Crippen LogP contribution in [-0.4, -0.2) is 21.0 Å². The van der Waals surface area contributed by atoms with Crippen LogP contribution in [-0.2, 0) is 4.79 Å². The molecule has 1 saturated carbocycles. The fourth-order valence-corrected chi connectivity index (χ4v) is 2.15. The average Bonchev–Trinajstić information content (AvgIpc) is 2.81. The topological polar surface area (TPSA) is 63.1 Å². The molecule has 1 aromatic rings. The summed E-state index contributed by atoms with van der Waals surface area (Å²) in [6.45, 7) is 1.64. The molecule has 16 heavy (non-hydrogen) atoms. The third-order valence-corrected chi connectivity index (χ3v) is 3.26. The van der Waals surface area contributed by atoms with E-state index in [9.17, 15) is 4.79 Å². The van der Waals surface area contributed by atoms with Gasteiger partial charge in [0, 0.05) is 18.3 Å². The normalized spacial score (nSPS) is 18.6. The van der Waals surface area contributed by atoms with E-state index in [0.29, 0.717) is 11.6 Å². The van der Waals surface area contributed by atoms with Crippen LogP contribution in [0.4, 0.5) is 0 Å². The number of aliphatic carboxylic acids is 1. The lowest BCUT2D eigenvalue weighted by atomic mass is 10.0. The third-order valence-electron chi connectivity index (χ3n) is 3.26. The van der Waals surface area contributed by atoms with E-state index in [2.05, 4.69) is 9.97 Å². The molecule has 2 rings (SSSR count). The summed E-state index contributed by atoms with van der Waals surface area (Å²) in [5, 5.41) is 8.92. The number of carboxylic acid groups (broad SMARTS) is 1. The Morgan fingerprint density at radius 3 is 2.75 bits per heavy atom. The largest absolute Gasteiger partial charge is 0.481 e. The Balaban J connectivity index is 2.21. The number of carbonyl (C=O) groups is 1. The smallest absolute Gasteiger partial charge is 0.312 e. The van der Waals surface area contributed by atoms with Crippen molar-refractivity contribution < 1.29 is 9.90 Å². The van der Waals surface area contributed by atoms with Crippen LogP contribution in [0.3, 0.4) is 0 Å². The molecule has 1 fully saturated rings. The summed E-state index contributed by atoms with van der Waals surface area (Å²) in [7, 11) is 0. The highest BCUT2D eigenvalue weighted by atomic mass is 16.4. The monoisotopic (exact) mass is 220 g/mol. The fraction of sp³-hybridized carbons (Fsp3) is 0.583. The Morgan fingerprint density at radius 1 is 1.44 bits per heavy atom. The zero-order valence-electron chi connectivity index (χ0n) is 9.39. The highest BCUT2D eigenvalue weighted by Crippen LogP contribution is 2.32. The molecular weight excluding hydrogens is 204 g/mol. The number of hydrogen-bond acceptors (Lipinski definition) is 3. The highest BCUT2D eigenvalue weighted by molar-refractivity contribution is 5.74. The fourth-order valence-electron chi connectivity index (χ4n) is 2.15. The standard InChI is InChI=1S/C12H16N2O2/c1-8(12(15)16)10-6-13-7-11(14-10)9-4-2-3-5-9/h6-9H,2-5H2,1H3,(H,15,16). The molecule has 0 saturated heterocycles. The summed E-state index contributed by atoms with van der Waals surface area (Å²) >= 11 is 0. The molecule has 0 spiro atoms. The first kappa shape index (κ1) is 11.0. The second kappa shape index (κ2) is 4.60. The second-order valence-corrected chi connectivity index (χ2v) is 4.41. The summed E-state index contributed by atoms with van der Waals surface area (Å²) < 4.78 is 0. The minimum Gasteiger partial charge on any atom is -0.481 e. The van der Waals surface area contributed by atoms with Gasteiger partial charge in [-0.15, -0.1) is 0 Å². The molecule has 1 N–H and O–H groups in total. The van der Waals surface area contributed by atoms with Gasteiger partial charge < -0.3 is 5.11 Å². The summed E-state index contributed by atoms with van der Waals surface area (Å²) in [5.74, 6) is -0.944. The van der Waals surface area contributed by atoms with E-state index < -0.39 is 11.9 Å². The summed E-state index contributed by atoms with van der Waals surface area (Å²) in [5.41, 5.74) is 1.53. The van der Waals surface area contributed by atoms with Crippen molar-refractivity contribution in [3.63, 3.8) is 0 Å². The van der Waals surface area contributed by atoms with Gasteiger partial charge in [-0.2, -0.15) is 0 Å². The average molecular weight is 220 g/mol. The van der Waals surface area contributed by atoms with Gasteiger partial charge in [-0.05, 0) is 19.8 Å².